The molecule has 20 heavy (non-hydrogen) atoms. The van der Waals surface area contributed by atoms with Crippen LogP contribution in [0.2, 0.25) is 4.47 Å². The van der Waals surface area contributed by atoms with E-state index in [0.717, 1.165) is 23.6 Å². The van der Waals surface area contributed by atoms with Gasteiger partial charge in [0.1, 0.15) is 0 Å². The minimum absolute atomic E-state index is 0.240. The summed E-state index contributed by atoms with van der Waals surface area (Å²) in [6.45, 7) is 0. The van der Waals surface area contributed by atoms with Crippen LogP contribution < -0.4 is 0 Å². The zero-order valence-electron chi connectivity index (χ0n) is 10.1. The number of Topliss-reactive ketones (excluding diaryl/α,β-unsaturated/α-hetero) is 2. The molecule has 1 atom stereocenters. The first-order chi connectivity index (χ1) is 9.56. The third kappa shape index (κ3) is 2.25. The van der Waals surface area contributed by atoms with Gasteiger partial charge in [-0.15, -0.1) is 0 Å². The van der Waals surface area contributed by atoms with Crippen molar-refractivity contribution in [1.82, 2.24) is 9.97 Å². The molecule has 0 saturated carbocycles. The summed E-state index contributed by atoms with van der Waals surface area (Å²) in [6, 6.07) is 2.45. The molecule has 1 unspecified atom stereocenters. The lowest BCUT2D eigenvalue weighted by atomic mass is 9.84. The maximum Gasteiger partial charge on any atom is 0.212 e. The minimum Gasteiger partial charge on any atom is -0.293 e. The third-order valence-corrected chi connectivity index (χ3v) is 4.43. The van der Waals surface area contributed by atoms with Gasteiger partial charge in [0.15, 0.2) is 16.0 Å². The van der Waals surface area contributed by atoms with Gasteiger partial charge in [0, 0.05) is 11.8 Å². The molecule has 0 radical (unpaired) electrons. The van der Waals surface area contributed by atoms with Crippen molar-refractivity contribution in [3.05, 3.63) is 44.9 Å². The Labute approximate surface area is 122 Å². The molecule has 1 aliphatic rings. The highest BCUT2D eigenvalue weighted by Gasteiger charge is 2.35. The maximum absolute atomic E-state index is 12.8. The van der Waals surface area contributed by atoms with Gasteiger partial charge in [-0.05, 0) is 25.0 Å². The van der Waals surface area contributed by atoms with E-state index in [9.17, 15) is 14.0 Å². The van der Waals surface area contributed by atoms with Crippen molar-refractivity contribution in [2.24, 2.45) is 5.92 Å². The predicted molar refractivity (Wildman–Crippen MR) is 71.8 cm³/mol. The lowest BCUT2D eigenvalue weighted by molar-refractivity contribution is 0.0792. The van der Waals surface area contributed by atoms with E-state index in [1.807, 2.05) is 0 Å². The molecule has 0 aromatic carbocycles. The molecule has 2 aromatic heterocycles. The first kappa shape index (κ1) is 13.3. The molecule has 0 amide bonds. The Morgan fingerprint density at radius 3 is 2.95 bits per heavy atom. The first-order valence-corrected chi connectivity index (χ1v) is 7.11. The molecule has 2 heterocycles. The molecule has 4 nitrogen and oxygen atoms in total. The molecule has 7 heteroatoms. The summed E-state index contributed by atoms with van der Waals surface area (Å²) in [4.78, 5) is 32.6. The molecule has 3 rings (SSSR count). The fourth-order valence-corrected chi connectivity index (χ4v) is 3.39. The highest BCUT2D eigenvalue weighted by Crippen LogP contribution is 2.33. The van der Waals surface area contributed by atoms with Gasteiger partial charge in [0.25, 0.3) is 0 Å². The van der Waals surface area contributed by atoms with Crippen LogP contribution in [0.15, 0.2) is 18.3 Å². The predicted octanol–water partition coefficient (Wildman–Crippen LogP) is 2.96. The minimum atomic E-state index is -0.758. The fraction of sp³-hybridized carbons (Fsp3) is 0.231. The summed E-state index contributed by atoms with van der Waals surface area (Å²) >= 11 is 6.89. The number of aromatic nitrogens is 2. The Morgan fingerprint density at radius 2 is 2.25 bits per heavy atom. The molecule has 0 fully saturated rings. The maximum atomic E-state index is 12.8. The smallest absolute Gasteiger partial charge is 0.212 e. The summed E-state index contributed by atoms with van der Waals surface area (Å²) < 4.78 is 13.1. The summed E-state index contributed by atoms with van der Waals surface area (Å²) in [7, 11) is 0. The van der Waals surface area contributed by atoms with Gasteiger partial charge in [0.05, 0.1) is 16.5 Å². The second-order valence-corrected chi connectivity index (χ2v) is 6.01. The van der Waals surface area contributed by atoms with Crippen LogP contribution >= 0.6 is 22.9 Å². The van der Waals surface area contributed by atoms with Crippen molar-refractivity contribution in [3.8, 4) is 0 Å². The molecule has 0 N–H and O–H groups in total. The first-order valence-electron chi connectivity index (χ1n) is 5.91. The zero-order chi connectivity index (χ0) is 14.3. The normalized spacial score (nSPS) is 17.9. The summed E-state index contributed by atoms with van der Waals surface area (Å²) in [5, 5.41) is 0. The van der Waals surface area contributed by atoms with E-state index < -0.39 is 11.9 Å². The van der Waals surface area contributed by atoms with Crippen LogP contribution in [0.4, 0.5) is 4.39 Å². The number of pyridine rings is 1. The van der Waals surface area contributed by atoms with E-state index in [1.165, 1.54) is 6.07 Å². The number of ketones is 2. The van der Waals surface area contributed by atoms with Gasteiger partial charge in [-0.1, -0.05) is 22.9 Å². The average Bonchev–Trinajstić information content (AvgIpc) is 2.81. The van der Waals surface area contributed by atoms with Crippen molar-refractivity contribution < 1.29 is 14.0 Å². The van der Waals surface area contributed by atoms with E-state index in [0.29, 0.717) is 27.9 Å². The highest BCUT2D eigenvalue weighted by atomic mass is 35.5. The zero-order valence-corrected chi connectivity index (χ0v) is 11.7. The van der Waals surface area contributed by atoms with Gasteiger partial charge < -0.3 is 0 Å². The standard InChI is InChI=1S/C13H8ClFN2O2S/c14-13-17-8-3-2-7(11(19)12(8)20-13)10(18)6-1-4-9(15)16-5-6/h1,4-5,7H,2-3H2. The van der Waals surface area contributed by atoms with Gasteiger partial charge in [-0.2, -0.15) is 4.39 Å². The molecule has 0 bridgehead atoms. The van der Waals surface area contributed by atoms with Gasteiger partial charge in [-0.3, -0.25) is 9.59 Å². The topological polar surface area (TPSA) is 59.9 Å². The van der Waals surface area contributed by atoms with E-state index >= 15 is 0 Å². The number of nitrogens with zero attached hydrogens (tertiary/aromatic N) is 2. The van der Waals surface area contributed by atoms with Crippen LogP contribution in [-0.2, 0) is 6.42 Å². The fourth-order valence-electron chi connectivity index (χ4n) is 2.23. The summed E-state index contributed by atoms with van der Waals surface area (Å²) in [5.74, 6) is -2.01. The van der Waals surface area contributed by atoms with Crippen LogP contribution in [0.5, 0.6) is 0 Å². The van der Waals surface area contributed by atoms with Crippen molar-refractivity contribution in [3.63, 3.8) is 0 Å². The Bertz CT molecular complexity index is 699. The second kappa shape index (κ2) is 5.03. The Morgan fingerprint density at radius 1 is 1.45 bits per heavy atom. The van der Waals surface area contributed by atoms with E-state index in [4.69, 9.17) is 11.6 Å². The summed E-state index contributed by atoms with van der Waals surface area (Å²) in [6.07, 6.45) is 2.08. The number of carbonyl (C=O) groups excluding carboxylic acids is 2. The monoisotopic (exact) mass is 310 g/mol. The average molecular weight is 311 g/mol. The number of rotatable bonds is 2. The van der Waals surface area contributed by atoms with Crippen LogP contribution in [0.25, 0.3) is 0 Å². The molecular weight excluding hydrogens is 303 g/mol. The second-order valence-electron chi connectivity index (χ2n) is 4.43. The van der Waals surface area contributed by atoms with E-state index in [2.05, 4.69) is 9.97 Å². The molecule has 0 spiro atoms. The Balaban J connectivity index is 1.90. The summed E-state index contributed by atoms with van der Waals surface area (Å²) in [5.41, 5.74) is 0.898. The highest BCUT2D eigenvalue weighted by molar-refractivity contribution is 7.17. The Hall–Kier alpha value is -1.66. The van der Waals surface area contributed by atoms with Gasteiger partial charge in [-0.25, -0.2) is 9.97 Å². The van der Waals surface area contributed by atoms with Crippen molar-refractivity contribution in [1.29, 1.82) is 0 Å². The SMILES string of the molecule is O=C(c1ccc(F)nc1)C1CCc2nc(Cl)sc2C1=O. The number of thiazole rings is 1. The molecule has 1 aliphatic carbocycles. The Kier molecular flexibility index (Phi) is 3.35. The van der Waals surface area contributed by atoms with Crippen LogP contribution in [-0.4, -0.2) is 21.5 Å². The number of hydrogen-bond acceptors (Lipinski definition) is 5. The largest absolute Gasteiger partial charge is 0.293 e. The lowest BCUT2D eigenvalue weighted by Gasteiger charge is -2.18. The van der Waals surface area contributed by atoms with Crippen LogP contribution in [0, 0.1) is 11.9 Å². The molecule has 102 valence electrons. The van der Waals surface area contributed by atoms with Crippen LogP contribution in [0.3, 0.4) is 0 Å². The molecule has 0 aliphatic heterocycles. The number of halogens is 2. The number of fused-ring (bicyclic) bond motifs is 1. The molecule has 0 saturated heterocycles. The van der Waals surface area contributed by atoms with Crippen molar-refractivity contribution in [2.75, 3.05) is 0 Å². The third-order valence-electron chi connectivity index (χ3n) is 3.21. The van der Waals surface area contributed by atoms with Crippen LogP contribution in [0.1, 0.15) is 32.1 Å². The van der Waals surface area contributed by atoms with Gasteiger partial charge >= 0.3 is 0 Å². The quantitative estimate of drug-likeness (QED) is 0.486. The van der Waals surface area contributed by atoms with Crippen molar-refractivity contribution >= 4 is 34.5 Å². The molecular formula is C13H8ClFN2O2S. The molecule has 2 aromatic rings. The van der Waals surface area contributed by atoms with Gasteiger partial charge in [0.2, 0.25) is 5.95 Å². The number of hydrogen-bond donors (Lipinski definition) is 0. The lowest BCUT2D eigenvalue weighted by Crippen LogP contribution is -2.29. The number of carbonyl (C=O) groups is 2. The van der Waals surface area contributed by atoms with E-state index in [1.54, 1.807) is 0 Å². The van der Waals surface area contributed by atoms with Crippen molar-refractivity contribution in [2.45, 2.75) is 12.8 Å². The van der Waals surface area contributed by atoms with E-state index in [-0.39, 0.29) is 17.1 Å². The number of aryl methyl sites for hydroxylation is 1.